The summed E-state index contributed by atoms with van der Waals surface area (Å²) < 4.78 is 8.51. The minimum absolute atomic E-state index is 0. The van der Waals surface area contributed by atoms with Crippen LogP contribution in [0.25, 0.3) is 17.2 Å². The Hall–Kier alpha value is -4.37. The number of halogens is 1. The fraction of sp³-hybridized carbons (Fsp3) is 0.179. The summed E-state index contributed by atoms with van der Waals surface area (Å²) in [4.78, 5) is 19.3. The fourth-order valence-corrected chi connectivity index (χ4v) is 7.18. The van der Waals surface area contributed by atoms with Gasteiger partial charge in [0.15, 0.2) is 12.3 Å². The number of benzene rings is 4. The van der Waals surface area contributed by atoms with Crippen molar-refractivity contribution in [2.75, 3.05) is 29.5 Å². The standard InChI is InChI=1S/C38H34N3O3S.CH4.BrH/c1-2-39-31-17-9-10-18-32(31)40(21-22-42)35(39)23-29-37(43)30(38(29)45-26-28-15-7-4-8-16-28)24-36-41(25-27-13-5-3-6-14-27)33-19-11-12-20-34(33)44-36;;/h3-20,23-24,42H,2,21-22,25-26H2,1H3;1H4;1H/q+1;;/p-1. The number of allylic oxidation sites excluding steroid dienone is 3. The van der Waals surface area contributed by atoms with E-state index < -0.39 is 0 Å². The van der Waals surface area contributed by atoms with Crippen molar-refractivity contribution < 1.29 is 35.9 Å². The van der Waals surface area contributed by atoms with Gasteiger partial charge in [0.25, 0.3) is 5.52 Å². The van der Waals surface area contributed by atoms with E-state index in [-0.39, 0.29) is 36.8 Å². The average molecular weight is 709 g/mol. The van der Waals surface area contributed by atoms with Crippen LogP contribution in [0.1, 0.15) is 31.4 Å². The summed E-state index contributed by atoms with van der Waals surface area (Å²) in [6.45, 7) is 3.91. The lowest BCUT2D eigenvalue weighted by molar-refractivity contribution is -0.669. The van der Waals surface area contributed by atoms with Crippen LogP contribution in [-0.2, 0) is 17.1 Å². The number of carbonyl (C=O) groups excluding carboxylic acids is 1. The van der Waals surface area contributed by atoms with Crippen LogP contribution in [0, 0.1) is 0 Å². The summed E-state index contributed by atoms with van der Waals surface area (Å²) in [5.41, 5.74) is 7.53. The van der Waals surface area contributed by atoms with E-state index >= 15 is 0 Å². The highest BCUT2D eigenvalue weighted by atomic mass is 79.9. The fourth-order valence-electron chi connectivity index (χ4n) is 6.06. The second-order valence-corrected chi connectivity index (χ2v) is 12.0. The number of aliphatic hydroxyl groups excluding tert-OH is 1. The van der Waals surface area contributed by atoms with E-state index in [0.717, 1.165) is 51.1 Å². The minimum Gasteiger partial charge on any atom is -1.00 e. The van der Waals surface area contributed by atoms with E-state index in [4.69, 9.17) is 4.42 Å². The number of oxazole rings is 1. The summed E-state index contributed by atoms with van der Waals surface area (Å²) in [7, 11) is 0. The minimum atomic E-state index is -0.0132. The van der Waals surface area contributed by atoms with Crippen LogP contribution in [-0.4, -0.2) is 30.6 Å². The van der Waals surface area contributed by atoms with Gasteiger partial charge in [0, 0.05) is 46.5 Å². The molecule has 0 atom stereocenters. The molecule has 0 spiro atoms. The molecular formula is C39H38BrN3O3S. The van der Waals surface area contributed by atoms with Crippen LogP contribution < -0.4 is 31.3 Å². The van der Waals surface area contributed by atoms with Crippen LogP contribution >= 0.6 is 11.8 Å². The maximum absolute atomic E-state index is 14.1. The van der Waals surface area contributed by atoms with Crippen molar-refractivity contribution in [1.29, 1.82) is 0 Å². The van der Waals surface area contributed by atoms with Crippen molar-refractivity contribution in [3.05, 3.63) is 154 Å². The highest BCUT2D eigenvalue weighted by Crippen LogP contribution is 2.46. The number of rotatable bonds is 10. The summed E-state index contributed by atoms with van der Waals surface area (Å²) >= 11 is 1.67. The van der Waals surface area contributed by atoms with E-state index in [2.05, 4.69) is 63.8 Å². The number of carbonyl (C=O) groups is 1. The molecule has 0 unspecified atom stereocenters. The number of hydrogen-bond donors (Lipinski definition) is 1. The third kappa shape index (κ3) is 6.59. The number of thioether (sulfide) groups is 1. The number of Topliss-reactive ketones (excluding diaryl/α,β-unsaturated/α-hetero) is 1. The normalized spacial score (nSPS) is 15.6. The number of anilines is 2. The molecule has 4 aromatic carbocycles. The molecule has 0 bridgehead atoms. The predicted molar refractivity (Wildman–Crippen MR) is 188 cm³/mol. The van der Waals surface area contributed by atoms with Crippen molar-refractivity contribution in [1.82, 2.24) is 0 Å². The predicted octanol–water partition coefficient (Wildman–Crippen LogP) is 4.74. The molecule has 0 fully saturated rings. The summed E-state index contributed by atoms with van der Waals surface area (Å²) in [5, 5.41) is 9.95. The molecule has 6 nitrogen and oxygen atoms in total. The summed E-state index contributed by atoms with van der Waals surface area (Å²) in [5.74, 6) is 2.25. The monoisotopic (exact) mass is 707 g/mol. The number of fused-ring (bicyclic) bond motifs is 2. The van der Waals surface area contributed by atoms with Gasteiger partial charge in [0.2, 0.25) is 5.58 Å². The molecule has 0 saturated heterocycles. The first-order valence-corrected chi connectivity index (χ1v) is 16.2. The van der Waals surface area contributed by atoms with Gasteiger partial charge in [-0.15, -0.1) is 11.8 Å². The van der Waals surface area contributed by atoms with Crippen LogP contribution in [0.3, 0.4) is 0 Å². The Morgan fingerprint density at radius 2 is 1.43 bits per heavy atom. The molecule has 0 saturated carbocycles. The van der Waals surface area contributed by atoms with Gasteiger partial charge in [-0.25, -0.2) is 0 Å². The van der Waals surface area contributed by atoms with Crippen molar-refractivity contribution in [3.63, 3.8) is 0 Å². The molecule has 240 valence electrons. The van der Waals surface area contributed by atoms with Crippen LogP contribution in [0.4, 0.5) is 11.4 Å². The second-order valence-electron chi connectivity index (χ2n) is 11.0. The number of nitrogens with zero attached hydrogens (tertiary/aromatic N) is 3. The summed E-state index contributed by atoms with van der Waals surface area (Å²) in [6.07, 6.45) is 3.91. The van der Waals surface area contributed by atoms with Gasteiger partial charge < -0.3 is 36.3 Å². The molecule has 1 N–H and O–H groups in total. The third-order valence-corrected chi connectivity index (χ3v) is 9.43. The molecule has 0 radical (unpaired) electrons. The number of hydrogen-bond acceptors (Lipinski definition) is 6. The molecule has 2 heterocycles. The van der Waals surface area contributed by atoms with Gasteiger partial charge in [-0.2, -0.15) is 4.57 Å². The van der Waals surface area contributed by atoms with Crippen molar-refractivity contribution in [2.24, 2.45) is 0 Å². The molecule has 5 aromatic rings. The van der Waals surface area contributed by atoms with Crippen LogP contribution in [0.15, 0.2) is 142 Å². The Morgan fingerprint density at radius 1 is 0.809 bits per heavy atom. The van der Waals surface area contributed by atoms with Crippen molar-refractivity contribution in [3.8, 4) is 0 Å². The quantitative estimate of drug-likeness (QED) is 0.167. The van der Waals surface area contributed by atoms with Crippen LogP contribution in [0.2, 0.25) is 0 Å². The Morgan fingerprint density at radius 3 is 2.11 bits per heavy atom. The number of ketones is 1. The maximum atomic E-state index is 14.1. The highest BCUT2D eigenvalue weighted by Gasteiger charge is 2.38. The number of para-hydroxylation sites is 4. The zero-order valence-corrected chi connectivity index (χ0v) is 27.9. The molecule has 1 aromatic heterocycles. The Labute approximate surface area is 291 Å². The van der Waals surface area contributed by atoms with E-state index in [0.29, 0.717) is 30.1 Å². The smallest absolute Gasteiger partial charge is 0.375 e. The number of aliphatic hydroxyl groups is 1. The molecule has 47 heavy (non-hydrogen) atoms. The molecule has 7 rings (SSSR count). The van der Waals surface area contributed by atoms with Gasteiger partial charge in [-0.3, -0.25) is 4.79 Å². The SMILES string of the molecule is C.CCN1/C(=C/C2=C(SCc3ccccc3)C(=C\c3oc4ccccc4[n+]3Cc3ccccc3)/C2=O)N(CCO)c2ccccc21.[Br-]. The van der Waals surface area contributed by atoms with E-state index in [1.165, 1.54) is 5.56 Å². The van der Waals surface area contributed by atoms with Gasteiger partial charge in [0.1, 0.15) is 5.82 Å². The molecule has 1 aliphatic heterocycles. The zero-order chi connectivity index (χ0) is 30.8. The van der Waals surface area contributed by atoms with Gasteiger partial charge in [-0.05, 0) is 36.8 Å². The van der Waals surface area contributed by atoms with E-state index in [1.807, 2.05) is 78.9 Å². The Kier molecular flexibility index (Phi) is 10.9. The topological polar surface area (TPSA) is 60.8 Å². The van der Waals surface area contributed by atoms with E-state index in [1.54, 1.807) is 11.8 Å². The molecule has 8 heteroatoms. The van der Waals surface area contributed by atoms with Crippen molar-refractivity contribution >= 4 is 46.1 Å². The molecule has 0 amide bonds. The lowest BCUT2D eigenvalue weighted by Gasteiger charge is -2.28. The Bertz CT molecular complexity index is 1970. The molecular weight excluding hydrogens is 670 g/mol. The largest absolute Gasteiger partial charge is 1.00 e. The Balaban J connectivity index is 0.00000217. The van der Waals surface area contributed by atoms with Crippen LogP contribution in [0.5, 0.6) is 0 Å². The lowest BCUT2D eigenvalue weighted by Crippen LogP contribution is -3.00. The number of β-amino-alcohol motifs (C(OH)–C–C–N with tert-alkyl or cyclic N) is 1. The van der Waals surface area contributed by atoms with Gasteiger partial charge in [-0.1, -0.05) is 92.4 Å². The van der Waals surface area contributed by atoms with Gasteiger partial charge in [0.05, 0.1) is 24.1 Å². The third-order valence-electron chi connectivity index (χ3n) is 8.22. The molecule has 2 aliphatic rings. The number of aromatic nitrogens is 1. The maximum Gasteiger partial charge on any atom is 0.375 e. The zero-order valence-electron chi connectivity index (χ0n) is 25.5. The second kappa shape index (κ2) is 15.0. The van der Waals surface area contributed by atoms with Crippen molar-refractivity contribution in [2.45, 2.75) is 26.6 Å². The first-order chi connectivity index (χ1) is 22.2. The highest BCUT2D eigenvalue weighted by molar-refractivity contribution is 8.02. The first kappa shape index (κ1) is 34.0. The lowest BCUT2D eigenvalue weighted by atomic mass is 9.89. The molecule has 1 aliphatic carbocycles. The average Bonchev–Trinajstić information content (AvgIpc) is 3.58. The van der Waals surface area contributed by atoms with E-state index in [9.17, 15) is 9.90 Å². The van der Waals surface area contributed by atoms with Gasteiger partial charge >= 0.3 is 5.89 Å². The first-order valence-electron chi connectivity index (χ1n) is 15.3. The summed E-state index contributed by atoms with van der Waals surface area (Å²) in [6, 6.07) is 36.8.